The van der Waals surface area contributed by atoms with Crippen LogP contribution in [-0.2, 0) is 4.74 Å². The van der Waals surface area contributed by atoms with Crippen LogP contribution < -0.4 is 5.32 Å². The number of fused-ring (bicyclic) bond motifs is 2. The second-order valence-electron chi connectivity index (χ2n) is 8.15. The summed E-state index contributed by atoms with van der Waals surface area (Å²) in [5.41, 5.74) is 9.43. The molecular formula is C22H18Br2F2N6O3. The van der Waals surface area contributed by atoms with Gasteiger partial charge in [0, 0.05) is 39.2 Å². The number of aromatic nitrogens is 2. The van der Waals surface area contributed by atoms with Gasteiger partial charge in [0.25, 0.3) is 5.91 Å². The van der Waals surface area contributed by atoms with E-state index in [1.807, 2.05) is 0 Å². The Morgan fingerprint density at radius 1 is 1.00 bits per heavy atom. The Morgan fingerprint density at radius 3 is 2.11 bits per heavy atom. The lowest BCUT2D eigenvalue weighted by Crippen LogP contribution is -2.27. The van der Waals surface area contributed by atoms with Crippen molar-refractivity contribution in [3.8, 4) is 0 Å². The first-order valence-corrected chi connectivity index (χ1v) is 11.5. The number of hydrogen-bond acceptors (Lipinski definition) is 3. The molecule has 4 rings (SSSR count). The number of H-pyrrole nitrogens is 2. The number of amides is 2. The summed E-state index contributed by atoms with van der Waals surface area (Å²) in [4.78, 5) is 31.1. The summed E-state index contributed by atoms with van der Waals surface area (Å²) in [6, 6.07) is 5.68. The van der Waals surface area contributed by atoms with Crippen molar-refractivity contribution < 1.29 is 23.1 Å². The molecule has 2 aromatic carbocycles. The van der Waals surface area contributed by atoms with E-state index in [-0.39, 0.29) is 15.9 Å². The van der Waals surface area contributed by atoms with Gasteiger partial charge in [-0.3, -0.25) is 10.1 Å². The van der Waals surface area contributed by atoms with E-state index < -0.39 is 23.4 Å². The Bertz CT molecular complexity index is 1490. The number of halogens is 4. The molecule has 0 saturated heterocycles. The third-order valence-corrected chi connectivity index (χ3v) is 5.66. The molecule has 3 N–H and O–H groups in total. The number of nitrogens with zero attached hydrogens (tertiary/aromatic N) is 3. The fourth-order valence-electron chi connectivity index (χ4n) is 3.02. The lowest BCUT2D eigenvalue weighted by molar-refractivity contribution is 0.0636. The minimum atomic E-state index is -0.702. The summed E-state index contributed by atoms with van der Waals surface area (Å²) in [7, 11) is 0. The van der Waals surface area contributed by atoms with Gasteiger partial charge >= 0.3 is 6.09 Å². The van der Waals surface area contributed by atoms with Gasteiger partial charge in [-0.15, -0.1) is 0 Å². The molecule has 182 valence electrons. The molecule has 0 atom stereocenters. The lowest BCUT2D eigenvalue weighted by Gasteiger charge is -2.19. The normalized spacial score (nSPS) is 10.9. The van der Waals surface area contributed by atoms with Crippen LogP contribution in [0.15, 0.2) is 50.7 Å². The average Bonchev–Trinajstić information content (AvgIpc) is 3.32. The summed E-state index contributed by atoms with van der Waals surface area (Å²) < 4.78 is 32.3. The molecular weight excluding hydrogens is 594 g/mol. The van der Waals surface area contributed by atoms with Gasteiger partial charge in [0.15, 0.2) is 0 Å². The van der Waals surface area contributed by atoms with Gasteiger partial charge in [-0.1, -0.05) is 0 Å². The highest BCUT2D eigenvalue weighted by Crippen LogP contribution is 2.29. The molecule has 0 spiro atoms. The summed E-state index contributed by atoms with van der Waals surface area (Å²) >= 11 is 6.14. The summed E-state index contributed by atoms with van der Waals surface area (Å²) in [6.07, 6.45) is 2.43. The molecule has 0 saturated carbocycles. The molecule has 0 aliphatic heterocycles. The van der Waals surface area contributed by atoms with Crippen molar-refractivity contribution in [3.63, 3.8) is 0 Å². The number of nitrogens with one attached hydrogen (secondary N) is 3. The van der Waals surface area contributed by atoms with Crippen LogP contribution in [0.25, 0.3) is 32.2 Å². The Morgan fingerprint density at radius 2 is 1.54 bits per heavy atom. The lowest BCUT2D eigenvalue weighted by atomic mass is 10.1. The van der Waals surface area contributed by atoms with Gasteiger partial charge in [-0.05, 0) is 87.5 Å². The highest BCUT2D eigenvalue weighted by atomic mass is 79.9. The summed E-state index contributed by atoms with van der Waals surface area (Å²) in [5.74, 6) is -1.50. The predicted octanol–water partition coefficient (Wildman–Crippen LogP) is 7.94. The van der Waals surface area contributed by atoms with E-state index in [0.29, 0.717) is 32.0 Å². The van der Waals surface area contributed by atoms with E-state index >= 15 is 0 Å². The van der Waals surface area contributed by atoms with Crippen molar-refractivity contribution >= 4 is 71.4 Å². The number of anilines is 1. The van der Waals surface area contributed by atoms with Crippen molar-refractivity contribution in [1.29, 1.82) is 0 Å². The standard InChI is InChI=1S/C13H14BrFN2O2.C9H4BrFN4O/c1-13(2,3)19-12(18)17-11-6-16-10-5-9(15)8(14)4-7(10)11;10-6-1-4-5(9(16)14-15-12)3-13-8(4)2-7(6)11/h4-6,16H,1-3H3,(H,17,18);1-3,13H. The molecule has 13 heteroatoms. The van der Waals surface area contributed by atoms with Crippen LogP contribution in [0.1, 0.15) is 31.1 Å². The fraction of sp³-hybridized carbons (Fsp3) is 0.182. The van der Waals surface area contributed by atoms with Crippen LogP contribution in [0.4, 0.5) is 19.3 Å². The molecule has 2 aromatic heterocycles. The Balaban J connectivity index is 0.000000198. The monoisotopic (exact) mass is 610 g/mol. The predicted molar refractivity (Wildman–Crippen MR) is 135 cm³/mol. The van der Waals surface area contributed by atoms with E-state index in [2.05, 4.69) is 57.2 Å². The van der Waals surface area contributed by atoms with Gasteiger partial charge in [-0.2, -0.15) is 0 Å². The van der Waals surface area contributed by atoms with Gasteiger partial charge in [0.1, 0.15) is 17.2 Å². The number of ether oxygens (including phenoxy) is 1. The topological polar surface area (TPSA) is 136 Å². The van der Waals surface area contributed by atoms with E-state index in [4.69, 9.17) is 10.3 Å². The maximum Gasteiger partial charge on any atom is 0.412 e. The zero-order valence-corrected chi connectivity index (χ0v) is 21.7. The largest absolute Gasteiger partial charge is 0.444 e. The molecule has 0 fully saturated rings. The SMILES string of the molecule is CC(C)(C)OC(=O)Nc1c[nH]c2cc(F)c(Br)cc12.[N-]=[N+]=NC(=O)c1c[nH]c2cc(F)c(Br)cc12. The van der Waals surface area contributed by atoms with Gasteiger partial charge in [0.05, 0.1) is 20.1 Å². The molecule has 2 amide bonds. The Kier molecular flexibility index (Phi) is 7.83. The smallest absolute Gasteiger partial charge is 0.412 e. The maximum atomic E-state index is 13.4. The number of aromatic amines is 2. The first-order chi connectivity index (χ1) is 16.4. The van der Waals surface area contributed by atoms with Crippen LogP contribution >= 0.6 is 31.9 Å². The quantitative estimate of drug-likeness (QED) is 0.121. The van der Waals surface area contributed by atoms with Crippen molar-refractivity contribution in [2.75, 3.05) is 5.32 Å². The first kappa shape index (κ1) is 26.2. The van der Waals surface area contributed by atoms with Crippen LogP contribution in [0, 0.1) is 11.6 Å². The van der Waals surface area contributed by atoms with E-state index in [9.17, 15) is 18.4 Å². The van der Waals surface area contributed by atoms with Crippen molar-refractivity contribution in [3.05, 3.63) is 73.2 Å². The second kappa shape index (κ2) is 10.5. The Hall–Kier alpha value is -3.41. The Labute approximate surface area is 214 Å². The number of rotatable bonds is 2. The number of azide groups is 1. The zero-order valence-electron chi connectivity index (χ0n) is 18.5. The summed E-state index contributed by atoms with van der Waals surface area (Å²) in [6.45, 7) is 5.36. The third kappa shape index (κ3) is 6.38. The zero-order chi connectivity index (χ0) is 25.9. The van der Waals surface area contributed by atoms with E-state index in [1.165, 1.54) is 24.4 Å². The van der Waals surface area contributed by atoms with Crippen LogP contribution in [0.3, 0.4) is 0 Å². The van der Waals surface area contributed by atoms with Crippen molar-refractivity contribution in [2.24, 2.45) is 5.11 Å². The highest BCUT2D eigenvalue weighted by Gasteiger charge is 2.18. The van der Waals surface area contributed by atoms with Gasteiger partial charge in [0.2, 0.25) is 0 Å². The van der Waals surface area contributed by atoms with Crippen molar-refractivity contribution in [1.82, 2.24) is 9.97 Å². The van der Waals surface area contributed by atoms with Crippen molar-refractivity contribution in [2.45, 2.75) is 26.4 Å². The number of carbonyl (C=O) groups excluding carboxylic acids is 2. The van der Waals surface area contributed by atoms with Crippen LogP contribution in [0.2, 0.25) is 0 Å². The molecule has 0 aliphatic rings. The minimum Gasteiger partial charge on any atom is -0.444 e. The number of carbonyl (C=O) groups is 2. The molecule has 0 radical (unpaired) electrons. The molecule has 0 bridgehead atoms. The molecule has 0 aliphatic carbocycles. The first-order valence-electron chi connectivity index (χ1n) is 9.91. The number of hydrogen-bond donors (Lipinski definition) is 3. The maximum absolute atomic E-state index is 13.4. The van der Waals surface area contributed by atoms with Gasteiger partial charge in [-0.25, -0.2) is 13.6 Å². The molecule has 0 unspecified atom stereocenters. The third-order valence-electron chi connectivity index (χ3n) is 4.45. The van der Waals surface area contributed by atoms with Crippen LogP contribution in [0.5, 0.6) is 0 Å². The molecule has 2 heterocycles. The second-order valence-corrected chi connectivity index (χ2v) is 9.86. The molecule has 9 nitrogen and oxygen atoms in total. The van der Waals surface area contributed by atoms with Gasteiger partial charge < -0.3 is 14.7 Å². The van der Waals surface area contributed by atoms with Crippen LogP contribution in [-0.4, -0.2) is 27.6 Å². The highest BCUT2D eigenvalue weighted by molar-refractivity contribution is 9.10. The molecule has 35 heavy (non-hydrogen) atoms. The average molecular weight is 612 g/mol. The minimum absolute atomic E-state index is 0.216. The number of benzene rings is 2. The summed E-state index contributed by atoms with van der Waals surface area (Å²) in [5, 5.41) is 6.83. The van der Waals surface area contributed by atoms with E-state index in [0.717, 1.165) is 0 Å². The fourth-order valence-corrected chi connectivity index (χ4v) is 3.71. The van der Waals surface area contributed by atoms with E-state index in [1.54, 1.807) is 33.0 Å². The molecule has 4 aromatic rings.